The van der Waals surface area contributed by atoms with E-state index in [1.807, 2.05) is 6.20 Å². The SMILES string of the molecule is CCCNCc1ccnc(N2CC=C(C(C)(C)C)CC2)c1. The van der Waals surface area contributed by atoms with Crippen molar-refractivity contribution in [2.75, 3.05) is 24.5 Å². The van der Waals surface area contributed by atoms with Crippen LogP contribution in [0.2, 0.25) is 0 Å². The molecule has 116 valence electrons. The number of aromatic nitrogens is 1. The van der Waals surface area contributed by atoms with E-state index in [2.05, 4.69) is 61.1 Å². The minimum Gasteiger partial charge on any atom is -0.353 e. The van der Waals surface area contributed by atoms with Crippen LogP contribution in [0.25, 0.3) is 0 Å². The normalized spacial score (nSPS) is 16.0. The van der Waals surface area contributed by atoms with Crippen LogP contribution in [0.15, 0.2) is 30.0 Å². The summed E-state index contributed by atoms with van der Waals surface area (Å²) in [5.74, 6) is 1.11. The van der Waals surface area contributed by atoms with Gasteiger partial charge in [-0.25, -0.2) is 4.98 Å². The van der Waals surface area contributed by atoms with Gasteiger partial charge in [0.1, 0.15) is 5.82 Å². The van der Waals surface area contributed by atoms with E-state index >= 15 is 0 Å². The van der Waals surface area contributed by atoms with Gasteiger partial charge in [-0.15, -0.1) is 0 Å². The van der Waals surface area contributed by atoms with Gasteiger partial charge >= 0.3 is 0 Å². The molecular formula is C18H29N3. The zero-order valence-corrected chi connectivity index (χ0v) is 13.9. The third-order valence-electron chi connectivity index (χ3n) is 4.06. The van der Waals surface area contributed by atoms with Gasteiger partial charge < -0.3 is 10.2 Å². The highest BCUT2D eigenvalue weighted by Crippen LogP contribution is 2.31. The van der Waals surface area contributed by atoms with Crippen LogP contribution in [0.4, 0.5) is 5.82 Å². The van der Waals surface area contributed by atoms with E-state index in [0.29, 0.717) is 5.41 Å². The van der Waals surface area contributed by atoms with E-state index in [4.69, 9.17) is 0 Å². The van der Waals surface area contributed by atoms with Gasteiger partial charge in [0.2, 0.25) is 0 Å². The first-order chi connectivity index (χ1) is 10.0. The molecule has 0 saturated heterocycles. The molecule has 1 aliphatic heterocycles. The zero-order chi connectivity index (χ0) is 15.3. The maximum absolute atomic E-state index is 4.55. The molecule has 1 aromatic heterocycles. The van der Waals surface area contributed by atoms with Gasteiger partial charge in [0.05, 0.1) is 0 Å². The predicted octanol–water partition coefficient (Wildman–Crippen LogP) is 3.76. The molecule has 0 atom stereocenters. The maximum Gasteiger partial charge on any atom is 0.129 e. The van der Waals surface area contributed by atoms with Crippen molar-refractivity contribution in [3.63, 3.8) is 0 Å². The van der Waals surface area contributed by atoms with Crippen molar-refractivity contribution in [1.29, 1.82) is 0 Å². The van der Waals surface area contributed by atoms with E-state index in [1.165, 1.54) is 12.0 Å². The van der Waals surface area contributed by atoms with E-state index in [1.54, 1.807) is 5.57 Å². The van der Waals surface area contributed by atoms with Gasteiger partial charge in [-0.2, -0.15) is 0 Å². The van der Waals surface area contributed by atoms with Crippen LogP contribution in [0, 0.1) is 5.41 Å². The predicted molar refractivity (Wildman–Crippen MR) is 90.6 cm³/mol. The molecule has 1 N–H and O–H groups in total. The number of hydrogen-bond acceptors (Lipinski definition) is 3. The summed E-state index contributed by atoms with van der Waals surface area (Å²) in [6.07, 6.45) is 6.63. The minimum absolute atomic E-state index is 0.297. The molecule has 3 heteroatoms. The van der Waals surface area contributed by atoms with Crippen LogP contribution in [0.1, 0.15) is 46.1 Å². The average Bonchev–Trinajstić information content (AvgIpc) is 2.47. The highest BCUT2D eigenvalue weighted by atomic mass is 15.2. The molecule has 0 aromatic carbocycles. The molecule has 1 aliphatic rings. The van der Waals surface area contributed by atoms with Gasteiger partial charge in [-0.05, 0) is 42.5 Å². The summed E-state index contributed by atoms with van der Waals surface area (Å²) in [6, 6.07) is 4.32. The van der Waals surface area contributed by atoms with Crippen molar-refractivity contribution in [2.24, 2.45) is 5.41 Å². The van der Waals surface area contributed by atoms with Crippen molar-refractivity contribution >= 4 is 5.82 Å². The fourth-order valence-electron chi connectivity index (χ4n) is 2.71. The van der Waals surface area contributed by atoms with Crippen molar-refractivity contribution < 1.29 is 0 Å². The van der Waals surface area contributed by atoms with E-state index in [-0.39, 0.29) is 0 Å². The highest BCUT2D eigenvalue weighted by Gasteiger charge is 2.21. The summed E-state index contributed by atoms with van der Waals surface area (Å²) in [6.45, 7) is 13.1. The lowest BCUT2D eigenvalue weighted by atomic mass is 9.83. The standard InChI is InChI=1S/C18H29N3/c1-5-9-19-14-15-6-10-20-17(13-15)21-11-7-16(8-12-21)18(2,3)4/h6-7,10,13,19H,5,8-9,11-12,14H2,1-4H3. The number of rotatable bonds is 5. The van der Waals surface area contributed by atoms with Crippen LogP contribution < -0.4 is 10.2 Å². The first kappa shape index (κ1) is 16.0. The molecule has 0 amide bonds. The van der Waals surface area contributed by atoms with Gasteiger partial charge in [-0.1, -0.05) is 39.3 Å². The monoisotopic (exact) mass is 287 g/mol. The Labute approximate surface area is 129 Å². The molecule has 1 aromatic rings. The second kappa shape index (κ2) is 7.08. The Hall–Kier alpha value is -1.35. The summed E-state index contributed by atoms with van der Waals surface area (Å²) in [5, 5.41) is 3.45. The molecule has 2 rings (SSSR count). The lowest BCUT2D eigenvalue weighted by Crippen LogP contribution is -2.32. The maximum atomic E-state index is 4.55. The second-order valence-electron chi connectivity index (χ2n) is 6.87. The van der Waals surface area contributed by atoms with Gasteiger partial charge in [0.15, 0.2) is 0 Å². The number of anilines is 1. The molecule has 0 saturated carbocycles. The molecule has 0 unspecified atom stereocenters. The van der Waals surface area contributed by atoms with Crippen molar-refractivity contribution in [1.82, 2.24) is 10.3 Å². The molecule has 0 bridgehead atoms. The Morgan fingerprint density at radius 1 is 1.33 bits per heavy atom. The average molecular weight is 287 g/mol. The molecule has 0 spiro atoms. The largest absolute Gasteiger partial charge is 0.353 e. The Morgan fingerprint density at radius 3 is 2.76 bits per heavy atom. The molecule has 2 heterocycles. The topological polar surface area (TPSA) is 28.2 Å². The minimum atomic E-state index is 0.297. The molecule has 0 radical (unpaired) electrons. The number of nitrogens with one attached hydrogen (secondary N) is 1. The van der Waals surface area contributed by atoms with Crippen molar-refractivity contribution in [3.8, 4) is 0 Å². The van der Waals surface area contributed by atoms with Crippen LogP contribution in [-0.2, 0) is 6.54 Å². The van der Waals surface area contributed by atoms with Crippen molar-refractivity contribution in [2.45, 2.75) is 47.1 Å². The zero-order valence-electron chi connectivity index (χ0n) is 13.9. The van der Waals surface area contributed by atoms with Gasteiger partial charge in [0.25, 0.3) is 0 Å². The van der Waals surface area contributed by atoms with Crippen molar-refractivity contribution in [3.05, 3.63) is 35.5 Å². The lowest BCUT2D eigenvalue weighted by Gasteiger charge is -2.33. The van der Waals surface area contributed by atoms with E-state index in [0.717, 1.165) is 38.4 Å². The summed E-state index contributed by atoms with van der Waals surface area (Å²) in [7, 11) is 0. The number of nitrogens with zero attached hydrogens (tertiary/aromatic N) is 2. The Morgan fingerprint density at radius 2 is 2.14 bits per heavy atom. The van der Waals surface area contributed by atoms with Crippen LogP contribution in [0.5, 0.6) is 0 Å². The third kappa shape index (κ3) is 4.57. The molecular weight excluding hydrogens is 258 g/mol. The Kier molecular flexibility index (Phi) is 5.40. The number of pyridine rings is 1. The molecule has 0 fully saturated rings. The fraction of sp³-hybridized carbons (Fsp3) is 0.611. The van der Waals surface area contributed by atoms with Gasteiger partial charge in [-0.3, -0.25) is 0 Å². The van der Waals surface area contributed by atoms with Gasteiger partial charge in [0, 0.05) is 25.8 Å². The fourth-order valence-corrected chi connectivity index (χ4v) is 2.71. The second-order valence-corrected chi connectivity index (χ2v) is 6.87. The molecule has 0 aliphatic carbocycles. The first-order valence-electron chi connectivity index (χ1n) is 8.11. The highest BCUT2D eigenvalue weighted by molar-refractivity contribution is 5.43. The summed E-state index contributed by atoms with van der Waals surface area (Å²) in [4.78, 5) is 6.92. The van der Waals surface area contributed by atoms with E-state index < -0.39 is 0 Å². The summed E-state index contributed by atoms with van der Waals surface area (Å²) in [5.41, 5.74) is 3.18. The molecule has 21 heavy (non-hydrogen) atoms. The third-order valence-corrected chi connectivity index (χ3v) is 4.06. The van der Waals surface area contributed by atoms with Crippen LogP contribution in [-0.4, -0.2) is 24.6 Å². The quantitative estimate of drug-likeness (QED) is 0.660. The van der Waals surface area contributed by atoms with Crippen LogP contribution >= 0.6 is 0 Å². The lowest BCUT2D eigenvalue weighted by molar-refractivity contribution is 0.472. The smallest absolute Gasteiger partial charge is 0.129 e. The molecule has 3 nitrogen and oxygen atoms in total. The Bertz CT molecular complexity index is 485. The van der Waals surface area contributed by atoms with Crippen LogP contribution in [0.3, 0.4) is 0 Å². The Balaban J connectivity index is 2.00. The summed E-state index contributed by atoms with van der Waals surface area (Å²) >= 11 is 0. The number of hydrogen-bond donors (Lipinski definition) is 1. The summed E-state index contributed by atoms with van der Waals surface area (Å²) < 4.78 is 0. The van der Waals surface area contributed by atoms with E-state index in [9.17, 15) is 0 Å². The first-order valence-corrected chi connectivity index (χ1v) is 8.11.